The fourth-order valence-corrected chi connectivity index (χ4v) is 2.48. The molecule has 1 aromatic heterocycles. The Morgan fingerprint density at radius 2 is 2.04 bits per heavy atom. The third-order valence-electron chi connectivity index (χ3n) is 4.21. The van der Waals surface area contributed by atoms with Crippen LogP contribution in [0.25, 0.3) is 0 Å². The number of carbonyl (C=O) groups excluding carboxylic acids is 1. The van der Waals surface area contributed by atoms with Crippen LogP contribution in [0, 0.1) is 6.92 Å². The second-order valence-corrected chi connectivity index (χ2v) is 6.63. The summed E-state index contributed by atoms with van der Waals surface area (Å²) in [6.45, 7) is 9.80. The average molecular weight is 386 g/mol. The third-order valence-corrected chi connectivity index (χ3v) is 4.21. The van der Waals surface area contributed by atoms with Crippen LogP contribution >= 0.6 is 0 Å². The average Bonchev–Trinajstić information content (AvgIpc) is 3.14. The van der Waals surface area contributed by atoms with Crippen molar-refractivity contribution in [2.45, 2.75) is 53.3 Å². The predicted octanol–water partition coefficient (Wildman–Crippen LogP) is 3.12. The van der Waals surface area contributed by atoms with Gasteiger partial charge in [-0.3, -0.25) is 4.79 Å². The fourth-order valence-electron chi connectivity index (χ4n) is 2.48. The molecule has 0 fully saturated rings. The number of amides is 1. The van der Waals surface area contributed by atoms with E-state index in [0.29, 0.717) is 24.8 Å². The highest BCUT2D eigenvalue weighted by Gasteiger charge is 2.10. The van der Waals surface area contributed by atoms with Gasteiger partial charge in [0.05, 0.1) is 19.2 Å². The number of rotatable bonds is 9. The summed E-state index contributed by atoms with van der Waals surface area (Å²) < 4.78 is 11.4. The number of nitrogens with two attached hydrogens (primary N) is 1. The van der Waals surface area contributed by atoms with Gasteiger partial charge in [-0.1, -0.05) is 19.1 Å². The third kappa shape index (κ3) is 6.33. The van der Waals surface area contributed by atoms with E-state index in [2.05, 4.69) is 35.5 Å². The Balaban J connectivity index is 2.08. The Hall–Kier alpha value is -2.96. The summed E-state index contributed by atoms with van der Waals surface area (Å²) in [5.41, 5.74) is 7.39. The lowest BCUT2D eigenvalue weighted by Gasteiger charge is -2.17. The Kier molecular flexibility index (Phi) is 7.92. The first-order chi connectivity index (χ1) is 13.4. The van der Waals surface area contributed by atoms with Crippen LogP contribution in [-0.2, 0) is 13.1 Å². The van der Waals surface area contributed by atoms with E-state index in [1.165, 1.54) is 0 Å². The van der Waals surface area contributed by atoms with Crippen LogP contribution in [-0.4, -0.2) is 24.5 Å². The van der Waals surface area contributed by atoms with E-state index < -0.39 is 5.91 Å². The van der Waals surface area contributed by atoms with Crippen molar-refractivity contribution < 1.29 is 13.9 Å². The van der Waals surface area contributed by atoms with Crippen molar-refractivity contribution in [1.82, 2.24) is 10.6 Å². The zero-order valence-electron chi connectivity index (χ0n) is 17.0. The molecule has 28 heavy (non-hydrogen) atoms. The van der Waals surface area contributed by atoms with Gasteiger partial charge in [-0.15, -0.1) is 0 Å². The summed E-state index contributed by atoms with van der Waals surface area (Å²) in [5.74, 6) is 1.68. The van der Waals surface area contributed by atoms with Gasteiger partial charge in [0.2, 0.25) is 0 Å². The first-order valence-electron chi connectivity index (χ1n) is 9.59. The fraction of sp³-hybridized carbons (Fsp3) is 0.429. The highest BCUT2D eigenvalue weighted by Crippen LogP contribution is 2.23. The van der Waals surface area contributed by atoms with Crippen LogP contribution in [0.15, 0.2) is 39.7 Å². The van der Waals surface area contributed by atoms with Crippen LogP contribution in [0.2, 0.25) is 0 Å². The molecule has 0 saturated carbocycles. The van der Waals surface area contributed by atoms with Crippen LogP contribution in [0.1, 0.15) is 54.6 Å². The minimum absolute atomic E-state index is 0.144. The number of guanidine groups is 1. The van der Waals surface area contributed by atoms with Crippen molar-refractivity contribution in [3.63, 3.8) is 0 Å². The van der Waals surface area contributed by atoms with Crippen LogP contribution in [0.3, 0.4) is 0 Å². The standard InChI is InChI=1S/C21H30N4O3/c1-5-15(4)27-19-11-14(3)7-8-16(19)12-24-21(23-6-2)25-13-17-9-10-18(28-17)20(22)26/h7-11,15H,5-6,12-13H2,1-4H3,(H2,22,26)(H2,23,24,25). The second-order valence-electron chi connectivity index (χ2n) is 6.63. The van der Waals surface area contributed by atoms with Crippen molar-refractivity contribution in [3.8, 4) is 5.75 Å². The molecule has 0 radical (unpaired) electrons. The number of nitrogens with zero attached hydrogens (tertiary/aromatic N) is 1. The molecule has 1 amide bonds. The lowest BCUT2D eigenvalue weighted by atomic mass is 10.1. The molecule has 152 valence electrons. The lowest BCUT2D eigenvalue weighted by molar-refractivity contribution is 0.0972. The molecule has 4 N–H and O–H groups in total. The molecular formula is C21H30N4O3. The molecule has 1 aromatic carbocycles. The smallest absolute Gasteiger partial charge is 0.284 e. The van der Waals surface area contributed by atoms with Crippen molar-refractivity contribution in [2.24, 2.45) is 10.7 Å². The Morgan fingerprint density at radius 3 is 2.68 bits per heavy atom. The number of hydrogen-bond donors (Lipinski definition) is 3. The van der Waals surface area contributed by atoms with Crippen LogP contribution < -0.4 is 21.1 Å². The van der Waals surface area contributed by atoms with Crippen molar-refractivity contribution in [2.75, 3.05) is 6.54 Å². The van der Waals surface area contributed by atoms with Gasteiger partial charge in [0.1, 0.15) is 11.5 Å². The second kappa shape index (κ2) is 10.4. The molecule has 0 aliphatic heterocycles. The zero-order valence-corrected chi connectivity index (χ0v) is 17.0. The van der Waals surface area contributed by atoms with E-state index in [9.17, 15) is 4.79 Å². The largest absolute Gasteiger partial charge is 0.490 e. The highest BCUT2D eigenvalue weighted by molar-refractivity contribution is 5.89. The molecule has 1 atom stereocenters. The predicted molar refractivity (Wildman–Crippen MR) is 110 cm³/mol. The SMILES string of the molecule is CCNC(=NCc1ccc(C)cc1OC(C)CC)NCc1ccc(C(N)=O)o1. The molecule has 7 nitrogen and oxygen atoms in total. The lowest BCUT2D eigenvalue weighted by Crippen LogP contribution is -2.36. The van der Waals surface area contributed by atoms with Crippen molar-refractivity contribution in [1.29, 1.82) is 0 Å². The van der Waals surface area contributed by atoms with E-state index >= 15 is 0 Å². The molecule has 7 heteroatoms. The molecule has 0 aliphatic carbocycles. The van der Waals surface area contributed by atoms with Crippen molar-refractivity contribution in [3.05, 3.63) is 53.0 Å². The highest BCUT2D eigenvalue weighted by atomic mass is 16.5. The molecule has 0 bridgehead atoms. The van der Waals surface area contributed by atoms with E-state index in [-0.39, 0.29) is 11.9 Å². The van der Waals surface area contributed by atoms with Gasteiger partial charge >= 0.3 is 0 Å². The Labute approximate surface area is 166 Å². The van der Waals surface area contributed by atoms with E-state index in [1.54, 1.807) is 12.1 Å². The minimum Gasteiger partial charge on any atom is -0.490 e. The van der Waals surface area contributed by atoms with Gasteiger partial charge < -0.3 is 25.5 Å². The first-order valence-corrected chi connectivity index (χ1v) is 9.59. The number of ether oxygens (including phenoxy) is 1. The quantitative estimate of drug-likeness (QED) is 0.454. The van der Waals surface area contributed by atoms with E-state index in [0.717, 1.165) is 29.8 Å². The molecule has 0 spiro atoms. The molecule has 1 unspecified atom stereocenters. The summed E-state index contributed by atoms with van der Waals surface area (Å²) in [6.07, 6.45) is 1.09. The Bertz CT molecular complexity index is 814. The van der Waals surface area contributed by atoms with Crippen molar-refractivity contribution >= 4 is 11.9 Å². The van der Waals surface area contributed by atoms with Gasteiger partial charge in [0, 0.05) is 12.1 Å². The maximum absolute atomic E-state index is 11.1. The summed E-state index contributed by atoms with van der Waals surface area (Å²) in [4.78, 5) is 15.8. The number of aliphatic imine (C=N–C) groups is 1. The van der Waals surface area contributed by atoms with Gasteiger partial charge in [0.15, 0.2) is 11.7 Å². The first kappa shape index (κ1) is 21.3. The van der Waals surface area contributed by atoms with E-state index in [1.807, 2.05) is 26.0 Å². The summed E-state index contributed by atoms with van der Waals surface area (Å²) in [5, 5.41) is 6.39. The molecule has 2 rings (SSSR count). The number of nitrogens with one attached hydrogen (secondary N) is 2. The minimum atomic E-state index is -0.583. The normalized spacial score (nSPS) is 12.5. The maximum Gasteiger partial charge on any atom is 0.284 e. The van der Waals surface area contributed by atoms with Crippen LogP contribution in [0.5, 0.6) is 5.75 Å². The topological polar surface area (TPSA) is 102 Å². The number of hydrogen-bond acceptors (Lipinski definition) is 4. The summed E-state index contributed by atoms with van der Waals surface area (Å²) in [6, 6.07) is 9.43. The number of primary amides is 1. The summed E-state index contributed by atoms with van der Waals surface area (Å²) in [7, 11) is 0. The molecular weight excluding hydrogens is 356 g/mol. The van der Waals surface area contributed by atoms with Gasteiger partial charge in [-0.2, -0.15) is 0 Å². The van der Waals surface area contributed by atoms with E-state index in [4.69, 9.17) is 14.9 Å². The number of benzene rings is 1. The maximum atomic E-state index is 11.1. The molecule has 1 heterocycles. The zero-order chi connectivity index (χ0) is 20.5. The van der Waals surface area contributed by atoms with Gasteiger partial charge in [0.25, 0.3) is 5.91 Å². The van der Waals surface area contributed by atoms with Gasteiger partial charge in [-0.05, 0) is 51.0 Å². The number of aryl methyl sites for hydroxylation is 1. The molecule has 2 aromatic rings. The molecule has 0 saturated heterocycles. The summed E-state index contributed by atoms with van der Waals surface area (Å²) >= 11 is 0. The number of carbonyl (C=O) groups is 1. The van der Waals surface area contributed by atoms with Crippen LogP contribution in [0.4, 0.5) is 0 Å². The monoisotopic (exact) mass is 386 g/mol. The van der Waals surface area contributed by atoms with Gasteiger partial charge in [-0.25, -0.2) is 4.99 Å². The number of furan rings is 1. The molecule has 0 aliphatic rings. The Morgan fingerprint density at radius 1 is 1.25 bits per heavy atom.